The van der Waals surface area contributed by atoms with E-state index in [9.17, 15) is 4.79 Å². The van der Waals surface area contributed by atoms with E-state index in [4.69, 9.17) is 0 Å². The first-order chi connectivity index (χ1) is 5.43. The van der Waals surface area contributed by atoms with Gasteiger partial charge in [0.1, 0.15) is 6.61 Å². The molecule has 1 aliphatic rings. The molecule has 0 aromatic heterocycles. The summed E-state index contributed by atoms with van der Waals surface area (Å²) in [5.41, 5.74) is 0. The maximum atomic E-state index is 9.67. The first kappa shape index (κ1) is 8.49. The molecule has 1 aliphatic heterocycles. The van der Waals surface area contributed by atoms with Crippen molar-refractivity contribution in [3.8, 4) is 0 Å². The molecule has 0 saturated carbocycles. The van der Waals surface area contributed by atoms with Crippen LogP contribution in [0.1, 0.15) is 0 Å². The number of rotatable bonds is 4. The summed E-state index contributed by atoms with van der Waals surface area (Å²) in [6, 6.07) is 0. The second-order valence-electron chi connectivity index (χ2n) is 2.52. The van der Waals surface area contributed by atoms with Crippen molar-refractivity contribution in [2.24, 2.45) is 0 Å². The summed E-state index contributed by atoms with van der Waals surface area (Å²) in [5.74, 6) is 0. The van der Waals surface area contributed by atoms with Gasteiger partial charge < -0.3 is 10.1 Å². The maximum absolute atomic E-state index is 9.67. The normalized spacial score (nSPS) is 19.6. The van der Waals surface area contributed by atoms with Crippen LogP contribution in [0.4, 0.5) is 0 Å². The number of hydrogen-bond acceptors (Lipinski definition) is 4. The Bertz CT molecular complexity index is 113. The van der Waals surface area contributed by atoms with Crippen LogP contribution in [0.5, 0.6) is 0 Å². The molecule has 0 aromatic carbocycles. The Morgan fingerprint density at radius 1 is 1.45 bits per heavy atom. The molecule has 1 saturated heterocycles. The lowest BCUT2D eigenvalue weighted by Gasteiger charge is -2.26. The van der Waals surface area contributed by atoms with Crippen molar-refractivity contribution in [3.05, 3.63) is 0 Å². The SMILES string of the molecule is O=[C]OCCN1CCNCC1. The molecular formula is C7H13N2O2. The Morgan fingerprint density at radius 3 is 2.82 bits per heavy atom. The highest BCUT2D eigenvalue weighted by Crippen LogP contribution is 1.90. The fourth-order valence-electron chi connectivity index (χ4n) is 1.15. The zero-order chi connectivity index (χ0) is 7.94. The van der Waals surface area contributed by atoms with E-state index in [1.165, 1.54) is 6.47 Å². The van der Waals surface area contributed by atoms with Crippen LogP contribution in [-0.2, 0) is 9.53 Å². The molecule has 1 heterocycles. The summed E-state index contributed by atoms with van der Waals surface area (Å²) in [7, 11) is 0. The van der Waals surface area contributed by atoms with Crippen molar-refractivity contribution in [1.82, 2.24) is 10.2 Å². The average Bonchev–Trinajstić information content (AvgIpc) is 2.07. The van der Waals surface area contributed by atoms with E-state index in [-0.39, 0.29) is 0 Å². The van der Waals surface area contributed by atoms with Gasteiger partial charge in [0.05, 0.1) is 0 Å². The fourth-order valence-corrected chi connectivity index (χ4v) is 1.15. The second-order valence-corrected chi connectivity index (χ2v) is 2.52. The predicted molar refractivity (Wildman–Crippen MR) is 41.0 cm³/mol. The molecule has 1 rings (SSSR count). The van der Waals surface area contributed by atoms with Crippen molar-refractivity contribution >= 4 is 6.47 Å². The van der Waals surface area contributed by atoms with Gasteiger partial charge >= 0.3 is 6.47 Å². The van der Waals surface area contributed by atoms with E-state index in [0.717, 1.165) is 32.7 Å². The average molecular weight is 157 g/mol. The molecule has 0 bridgehead atoms. The monoisotopic (exact) mass is 157 g/mol. The third-order valence-corrected chi connectivity index (χ3v) is 1.78. The van der Waals surface area contributed by atoms with Gasteiger partial charge in [-0.15, -0.1) is 0 Å². The number of hydrogen-bond donors (Lipinski definition) is 1. The standard InChI is InChI=1S/C7H13N2O2/c10-7-11-6-5-9-3-1-8-2-4-9/h8H,1-6H2. The minimum absolute atomic E-state index is 0.462. The van der Waals surface area contributed by atoms with Crippen LogP contribution in [0.15, 0.2) is 0 Å². The van der Waals surface area contributed by atoms with Crippen molar-refractivity contribution in [1.29, 1.82) is 0 Å². The lowest BCUT2D eigenvalue weighted by atomic mass is 10.4. The Hall–Kier alpha value is -0.610. The highest BCUT2D eigenvalue weighted by atomic mass is 16.5. The molecule has 0 aromatic rings. The van der Waals surface area contributed by atoms with Crippen LogP contribution in [0.3, 0.4) is 0 Å². The highest BCUT2D eigenvalue weighted by molar-refractivity contribution is 5.38. The van der Waals surface area contributed by atoms with Gasteiger partial charge in [-0.2, -0.15) is 0 Å². The molecule has 0 spiro atoms. The topological polar surface area (TPSA) is 41.6 Å². The van der Waals surface area contributed by atoms with Crippen molar-refractivity contribution in [2.75, 3.05) is 39.3 Å². The van der Waals surface area contributed by atoms with Crippen LogP contribution in [-0.4, -0.2) is 50.7 Å². The molecule has 1 radical (unpaired) electrons. The van der Waals surface area contributed by atoms with Gasteiger partial charge in [0.15, 0.2) is 0 Å². The molecule has 0 unspecified atom stereocenters. The van der Waals surface area contributed by atoms with Crippen molar-refractivity contribution in [3.63, 3.8) is 0 Å². The minimum Gasteiger partial charge on any atom is -0.456 e. The predicted octanol–water partition coefficient (Wildman–Crippen LogP) is -1.02. The highest BCUT2D eigenvalue weighted by Gasteiger charge is 2.07. The molecular weight excluding hydrogens is 144 g/mol. The Morgan fingerprint density at radius 2 is 2.18 bits per heavy atom. The smallest absolute Gasteiger partial charge is 0.417 e. The lowest BCUT2D eigenvalue weighted by molar-refractivity contribution is 0.181. The largest absolute Gasteiger partial charge is 0.456 e. The summed E-state index contributed by atoms with van der Waals surface area (Å²) in [5, 5.41) is 3.25. The molecule has 1 N–H and O–H groups in total. The zero-order valence-corrected chi connectivity index (χ0v) is 6.51. The molecule has 0 amide bonds. The van der Waals surface area contributed by atoms with E-state index < -0.39 is 0 Å². The molecule has 0 aliphatic carbocycles. The number of ether oxygens (including phenoxy) is 1. The first-order valence-corrected chi connectivity index (χ1v) is 3.85. The Balaban J connectivity index is 2.00. The van der Waals surface area contributed by atoms with Gasteiger partial charge in [-0.1, -0.05) is 0 Å². The second kappa shape index (κ2) is 5.09. The third kappa shape index (κ3) is 3.34. The van der Waals surface area contributed by atoms with Crippen LogP contribution >= 0.6 is 0 Å². The summed E-state index contributed by atoms with van der Waals surface area (Å²) < 4.78 is 4.47. The van der Waals surface area contributed by atoms with Gasteiger partial charge in [-0.3, -0.25) is 4.90 Å². The van der Waals surface area contributed by atoms with Crippen molar-refractivity contribution in [2.45, 2.75) is 0 Å². The van der Waals surface area contributed by atoms with Crippen molar-refractivity contribution < 1.29 is 9.53 Å². The van der Waals surface area contributed by atoms with Gasteiger partial charge in [0, 0.05) is 32.7 Å². The summed E-state index contributed by atoms with van der Waals surface area (Å²) in [6.07, 6.45) is 0. The lowest BCUT2D eigenvalue weighted by Crippen LogP contribution is -2.44. The fraction of sp³-hybridized carbons (Fsp3) is 0.857. The maximum Gasteiger partial charge on any atom is 0.417 e. The summed E-state index contributed by atoms with van der Waals surface area (Å²) >= 11 is 0. The Kier molecular flexibility index (Phi) is 3.93. The first-order valence-electron chi connectivity index (χ1n) is 3.85. The number of nitrogens with one attached hydrogen (secondary N) is 1. The molecule has 0 atom stereocenters. The number of nitrogens with zero attached hydrogens (tertiary/aromatic N) is 1. The zero-order valence-electron chi connectivity index (χ0n) is 6.51. The number of carbonyl (C=O) groups excluding carboxylic acids is 1. The minimum atomic E-state index is 0.462. The van der Waals surface area contributed by atoms with E-state index >= 15 is 0 Å². The van der Waals surface area contributed by atoms with Crippen LogP contribution in [0.2, 0.25) is 0 Å². The summed E-state index contributed by atoms with van der Waals surface area (Å²) in [6.45, 7) is 6.86. The van der Waals surface area contributed by atoms with Gasteiger partial charge in [-0.25, -0.2) is 4.79 Å². The van der Waals surface area contributed by atoms with Crippen LogP contribution < -0.4 is 5.32 Å². The van der Waals surface area contributed by atoms with E-state index in [2.05, 4.69) is 15.0 Å². The molecule has 11 heavy (non-hydrogen) atoms. The molecule has 63 valence electrons. The summed E-state index contributed by atoms with van der Waals surface area (Å²) in [4.78, 5) is 11.9. The van der Waals surface area contributed by atoms with Gasteiger partial charge in [0.25, 0.3) is 0 Å². The molecule has 4 heteroatoms. The quantitative estimate of drug-likeness (QED) is 0.530. The van der Waals surface area contributed by atoms with Gasteiger partial charge in [-0.05, 0) is 0 Å². The Labute approximate surface area is 66.5 Å². The van der Waals surface area contributed by atoms with Crippen LogP contribution in [0.25, 0.3) is 0 Å². The number of piperazine rings is 1. The van der Waals surface area contributed by atoms with E-state index in [1.54, 1.807) is 0 Å². The van der Waals surface area contributed by atoms with E-state index in [0.29, 0.717) is 6.61 Å². The van der Waals surface area contributed by atoms with Gasteiger partial charge in [0.2, 0.25) is 0 Å². The molecule has 4 nitrogen and oxygen atoms in total. The third-order valence-electron chi connectivity index (χ3n) is 1.78. The van der Waals surface area contributed by atoms with E-state index in [1.807, 2.05) is 0 Å². The molecule has 1 fully saturated rings. The van der Waals surface area contributed by atoms with Crippen LogP contribution in [0, 0.1) is 0 Å².